The first kappa shape index (κ1) is 27.2. The second-order valence-electron chi connectivity index (χ2n) is 10.7. The predicted octanol–water partition coefficient (Wildman–Crippen LogP) is 10.2. The van der Waals surface area contributed by atoms with Gasteiger partial charge in [0.1, 0.15) is 0 Å². The Morgan fingerprint density at radius 1 is 0.714 bits per heavy atom. The lowest BCUT2D eigenvalue weighted by Gasteiger charge is -2.25. The number of carboxylic acid groups (broad SMARTS) is 1. The molecule has 0 atom stereocenters. The third-order valence-electron chi connectivity index (χ3n) is 7.47. The van der Waals surface area contributed by atoms with E-state index in [1.54, 1.807) is 29.5 Å². The van der Waals surface area contributed by atoms with E-state index >= 15 is 0 Å². The summed E-state index contributed by atoms with van der Waals surface area (Å²) in [6.45, 7) is 4.17. The van der Waals surface area contributed by atoms with E-state index in [0.29, 0.717) is 0 Å². The summed E-state index contributed by atoms with van der Waals surface area (Å²) in [5.41, 5.74) is 7.10. The van der Waals surface area contributed by atoms with E-state index in [0.717, 1.165) is 49.3 Å². The van der Waals surface area contributed by atoms with Gasteiger partial charge in [0, 0.05) is 32.2 Å². The monoisotopic (exact) mass is 566 g/mol. The van der Waals surface area contributed by atoms with Crippen LogP contribution in [0.1, 0.15) is 45.1 Å². The lowest BCUT2D eigenvalue weighted by Crippen LogP contribution is -2.24. The molecule has 0 unspecified atom stereocenters. The SMILES string of the molecule is CC1(C)C(C=Cc2ccc(C=Cc3ccc(N(c4ccccc4)c4ccccc4)cc3)s2)=Nc2ccc(C(=O)O)cc21. The minimum absolute atomic E-state index is 0.288. The number of thiophene rings is 1. The Morgan fingerprint density at radius 2 is 1.29 bits per heavy atom. The van der Waals surface area contributed by atoms with Crippen molar-refractivity contribution in [1.29, 1.82) is 0 Å². The third-order valence-corrected chi connectivity index (χ3v) is 8.49. The van der Waals surface area contributed by atoms with Crippen LogP contribution in [0.4, 0.5) is 22.7 Å². The van der Waals surface area contributed by atoms with Crippen LogP contribution in [0.2, 0.25) is 0 Å². The second kappa shape index (κ2) is 11.5. The summed E-state index contributed by atoms with van der Waals surface area (Å²) >= 11 is 1.71. The van der Waals surface area contributed by atoms with E-state index in [9.17, 15) is 9.90 Å². The molecule has 0 fully saturated rings. The smallest absolute Gasteiger partial charge is 0.335 e. The lowest BCUT2D eigenvalue weighted by molar-refractivity contribution is 0.0696. The number of aromatic carboxylic acids is 1. The number of aliphatic imine (C=N–C) groups is 1. The molecule has 1 aliphatic heterocycles. The van der Waals surface area contributed by atoms with Crippen molar-refractivity contribution in [2.75, 3.05) is 4.90 Å². The van der Waals surface area contributed by atoms with E-state index < -0.39 is 5.97 Å². The summed E-state index contributed by atoms with van der Waals surface area (Å²) in [6.07, 6.45) is 8.41. The third kappa shape index (κ3) is 5.60. The van der Waals surface area contributed by atoms with Crippen molar-refractivity contribution >= 4 is 64.0 Å². The van der Waals surface area contributed by atoms with Crippen LogP contribution >= 0.6 is 11.3 Å². The molecule has 0 saturated carbocycles. The van der Waals surface area contributed by atoms with Crippen molar-refractivity contribution < 1.29 is 9.90 Å². The van der Waals surface area contributed by atoms with Gasteiger partial charge >= 0.3 is 5.97 Å². The summed E-state index contributed by atoms with van der Waals surface area (Å²) in [7, 11) is 0. The highest BCUT2D eigenvalue weighted by molar-refractivity contribution is 7.13. The second-order valence-corrected chi connectivity index (χ2v) is 11.8. The maximum absolute atomic E-state index is 11.4. The van der Waals surface area contributed by atoms with Crippen molar-refractivity contribution in [2.45, 2.75) is 19.3 Å². The number of carbonyl (C=O) groups is 1. The first-order valence-corrected chi connectivity index (χ1v) is 14.6. The lowest BCUT2D eigenvalue weighted by atomic mass is 9.81. The quantitative estimate of drug-likeness (QED) is 0.203. The minimum atomic E-state index is -0.922. The van der Waals surface area contributed by atoms with Gasteiger partial charge in [-0.25, -0.2) is 4.79 Å². The molecule has 5 aromatic rings. The van der Waals surface area contributed by atoms with Crippen LogP contribution in [-0.4, -0.2) is 16.8 Å². The molecule has 0 radical (unpaired) electrons. The van der Waals surface area contributed by atoms with Gasteiger partial charge in [0.15, 0.2) is 0 Å². The standard InChI is InChI=1S/C37H30N2O2S/c1-37(2)33-25-27(36(40)41)16-23-34(33)38-35(37)24-22-32-21-20-31(42-32)19-15-26-13-17-30(18-14-26)39(28-9-5-3-6-10-28)29-11-7-4-8-12-29/h3-25H,1-2H3,(H,40,41). The predicted molar refractivity (Wildman–Crippen MR) is 177 cm³/mol. The van der Waals surface area contributed by atoms with Crippen molar-refractivity contribution in [2.24, 2.45) is 4.99 Å². The van der Waals surface area contributed by atoms with E-state index in [-0.39, 0.29) is 11.0 Å². The Kier molecular flexibility index (Phi) is 7.43. The number of benzene rings is 4. The maximum atomic E-state index is 11.4. The number of hydrogen-bond acceptors (Lipinski definition) is 4. The molecule has 0 spiro atoms. The molecule has 1 aliphatic rings. The molecular formula is C37H30N2O2S. The highest BCUT2D eigenvalue weighted by Gasteiger charge is 2.34. The van der Waals surface area contributed by atoms with Crippen LogP contribution in [0.25, 0.3) is 18.2 Å². The average molecular weight is 567 g/mol. The zero-order valence-electron chi connectivity index (χ0n) is 23.4. The minimum Gasteiger partial charge on any atom is -0.478 e. The molecule has 6 rings (SSSR count). The normalized spacial score (nSPS) is 13.8. The van der Waals surface area contributed by atoms with Gasteiger partial charge in [-0.05, 0) is 96.1 Å². The van der Waals surface area contributed by atoms with Crippen LogP contribution in [0.15, 0.2) is 126 Å². The number of allylic oxidation sites excluding steroid dienone is 1. The van der Waals surface area contributed by atoms with Crippen molar-refractivity contribution in [3.63, 3.8) is 0 Å². The Labute approximate surface area is 250 Å². The fraction of sp³-hybridized carbons (Fsp3) is 0.0811. The van der Waals surface area contributed by atoms with E-state index in [1.807, 2.05) is 18.2 Å². The number of para-hydroxylation sites is 2. The van der Waals surface area contributed by atoms with Crippen LogP contribution in [0.5, 0.6) is 0 Å². The van der Waals surface area contributed by atoms with Crippen molar-refractivity contribution in [3.8, 4) is 0 Å². The van der Waals surface area contributed by atoms with Gasteiger partial charge in [-0.15, -0.1) is 11.3 Å². The van der Waals surface area contributed by atoms with Crippen LogP contribution in [0.3, 0.4) is 0 Å². The largest absolute Gasteiger partial charge is 0.478 e. The molecular weight excluding hydrogens is 536 g/mol. The number of anilines is 3. The Bertz CT molecular complexity index is 1780. The number of carboxylic acids is 1. The Hall–Kier alpha value is -5.00. The Balaban J connectivity index is 1.16. The van der Waals surface area contributed by atoms with Gasteiger partial charge in [-0.2, -0.15) is 0 Å². The zero-order chi connectivity index (χ0) is 29.1. The molecule has 0 saturated heterocycles. The van der Waals surface area contributed by atoms with Gasteiger partial charge in [0.2, 0.25) is 0 Å². The summed E-state index contributed by atoms with van der Waals surface area (Å²) in [4.78, 5) is 20.8. The number of fused-ring (bicyclic) bond motifs is 1. The molecule has 0 aliphatic carbocycles. The summed E-state index contributed by atoms with van der Waals surface area (Å²) in [5, 5.41) is 9.39. The van der Waals surface area contributed by atoms with Crippen LogP contribution in [-0.2, 0) is 5.41 Å². The summed E-state index contributed by atoms with van der Waals surface area (Å²) in [5.74, 6) is -0.922. The molecule has 42 heavy (non-hydrogen) atoms. The van der Waals surface area contributed by atoms with Gasteiger partial charge in [-0.1, -0.05) is 68.5 Å². The molecule has 4 aromatic carbocycles. The van der Waals surface area contributed by atoms with Gasteiger partial charge in [-0.3, -0.25) is 4.99 Å². The van der Waals surface area contributed by atoms with E-state index in [1.165, 1.54) is 0 Å². The van der Waals surface area contributed by atoms with E-state index in [2.05, 4.69) is 122 Å². The maximum Gasteiger partial charge on any atom is 0.335 e. The molecule has 4 nitrogen and oxygen atoms in total. The number of nitrogens with zero attached hydrogens (tertiary/aromatic N) is 2. The number of hydrogen-bond donors (Lipinski definition) is 1. The van der Waals surface area contributed by atoms with Crippen LogP contribution < -0.4 is 4.90 Å². The van der Waals surface area contributed by atoms with Gasteiger partial charge in [0.05, 0.1) is 17.0 Å². The first-order valence-electron chi connectivity index (χ1n) is 13.8. The molecule has 5 heteroatoms. The molecule has 0 amide bonds. The summed E-state index contributed by atoms with van der Waals surface area (Å²) < 4.78 is 0. The topological polar surface area (TPSA) is 52.9 Å². The molecule has 206 valence electrons. The fourth-order valence-corrected chi connectivity index (χ4v) is 5.96. The first-order chi connectivity index (χ1) is 20.4. The zero-order valence-corrected chi connectivity index (χ0v) is 24.3. The highest BCUT2D eigenvalue weighted by Crippen LogP contribution is 2.41. The van der Waals surface area contributed by atoms with Gasteiger partial charge in [0.25, 0.3) is 0 Å². The molecule has 0 bridgehead atoms. The van der Waals surface area contributed by atoms with Crippen LogP contribution in [0, 0.1) is 0 Å². The van der Waals surface area contributed by atoms with Gasteiger partial charge < -0.3 is 10.0 Å². The summed E-state index contributed by atoms with van der Waals surface area (Å²) in [6, 6.07) is 38.8. The van der Waals surface area contributed by atoms with Crippen molar-refractivity contribution in [1.82, 2.24) is 0 Å². The molecule has 1 N–H and O–H groups in total. The fourth-order valence-electron chi connectivity index (χ4n) is 5.14. The van der Waals surface area contributed by atoms with Crippen molar-refractivity contribution in [3.05, 3.63) is 148 Å². The highest BCUT2D eigenvalue weighted by atomic mass is 32.1. The molecule has 1 aromatic heterocycles. The molecule has 2 heterocycles. The average Bonchev–Trinajstić information content (AvgIpc) is 3.57. The van der Waals surface area contributed by atoms with E-state index in [4.69, 9.17) is 4.99 Å². The number of rotatable bonds is 8. The Morgan fingerprint density at radius 3 is 1.88 bits per heavy atom.